The molecule has 0 aliphatic carbocycles. The molecule has 0 aromatic rings. The molecule has 0 saturated heterocycles. The molecule has 0 saturated carbocycles. The van der Waals surface area contributed by atoms with E-state index in [4.69, 9.17) is 10.7 Å². The SMILES string of the molecule is [CH2][C@H](C)CS(=O)(=O)Cl. The van der Waals surface area contributed by atoms with Gasteiger partial charge in [0.05, 0.1) is 5.75 Å². The summed E-state index contributed by atoms with van der Waals surface area (Å²) in [4.78, 5) is 0. The van der Waals surface area contributed by atoms with E-state index in [0.29, 0.717) is 0 Å². The van der Waals surface area contributed by atoms with Gasteiger partial charge in [-0.25, -0.2) is 8.42 Å². The normalized spacial score (nSPS) is 12.5. The maximum atomic E-state index is 10.2. The zero-order valence-electron chi connectivity index (χ0n) is 4.59. The molecule has 0 aromatic heterocycles. The molecule has 0 bridgehead atoms. The molecule has 0 aromatic carbocycles. The topological polar surface area (TPSA) is 34.1 Å². The van der Waals surface area contributed by atoms with Gasteiger partial charge < -0.3 is 0 Å². The summed E-state index contributed by atoms with van der Waals surface area (Å²) in [6.45, 7) is 5.15. The van der Waals surface area contributed by atoms with Gasteiger partial charge in [-0.05, 0) is 12.8 Å². The first-order valence-corrected chi connectivity index (χ1v) is 4.65. The van der Waals surface area contributed by atoms with Crippen LogP contribution in [-0.2, 0) is 9.05 Å². The lowest BCUT2D eigenvalue weighted by Crippen LogP contribution is -2.03. The Morgan fingerprint density at radius 3 is 2.12 bits per heavy atom. The molecule has 0 rings (SSSR count). The summed E-state index contributed by atoms with van der Waals surface area (Å²) < 4.78 is 20.3. The van der Waals surface area contributed by atoms with Gasteiger partial charge in [0.25, 0.3) is 0 Å². The van der Waals surface area contributed by atoms with Crippen LogP contribution in [-0.4, -0.2) is 14.2 Å². The number of hydrogen-bond donors (Lipinski definition) is 0. The van der Waals surface area contributed by atoms with Crippen molar-refractivity contribution in [2.45, 2.75) is 6.92 Å². The molecule has 0 heterocycles. The van der Waals surface area contributed by atoms with Crippen LogP contribution in [0.4, 0.5) is 0 Å². The quantitative estimate of drug-likeness (QED) is 0.559. The molecule has 0 amide bonds. The number of hydrogen-bond acceptors (Lipinski definition) is 2. The van der Waals surface area contributed by atoms with Crippen molar-refractivity contribution in [2.75, 3.05) is 5.75 Å². The third-order valence-electron chi connectivity index (χ3n) is 0.484. The standard InChI is InChI=1S/C4H8ClO2S/c1-4(2)3-8(5,6)7/h4H,1,3H2,2H3/t4-/m1/s1. The number of halogens is 1. The molecule has 8 heavy (non-hydrogen) atoms. The summed E-state index contributed by atoms with van der Waals surface area (Å²) in [5, 5.41) is 0. The van der Waals surface area contributed by atoms with E-state index in [9.17, 15) is 8.42 Å². The van der Waals surface area contributed by atoms with Gasteiger partial charge in [-0.15, -0.1) is 0 Å². The van der Waals surface area contributed by atoms with Crippen LogP contribution >= 0.6 is 10.7 Å². The average Bonchev–Trinajstić information content (AvgIpc) is 1.21. The van der Waals surface area contributed by atoms with E-state index in [1.165, 1.54) is 0 Å². The molecule has 1 atom stereocenters. The minimum atomic E-state index is -3.31. The Hall–Kier alpha value is 0.240. The van der Waals surface area contributed by atoms with E-state index in [0.717, 1.165) is 0 Å². The predicted molar refractivity (Wildman–Crippen MR) is 34.2 cm³/mol. The first kappa shape index (κ1) is 8.24. The van der Waals surface area contributed by atoms with Gasteiger partial charge in [-0.2, -0.15) is 0 Å². The first-order chi connectivity index (χ1) is 3.42. The van der Waals surface area contributed by atoms with Crippen molar-refractivity contribution in [1.82, 2.24) is 0 Å². The van der Waals surface area contributed by atoms with E-state index in [1.807, 2.05) is 0 Å². The molecular weight excluding hydrogens is 148 g/mol. The fourth-order valence-corrected chi connectivity index (χ4v) is 1.66. The van der Waals surface area contributed by atoms with Gasteiger partial charge in [0.1, 0.15) is 0 Å². The first-order valence-electron chi connectivity index (χ1n) is 2.17. The van der Waals surface area contributed by atoms with Crippen molar-refractivity contribution in [3.05, 3.63) is 6.92 Å². The Morgan fingerprint density at radius 1 is 1.75 bits per heavy atom. The molecule has 4 heteroatoms. The van der Waals surface area contributed by atoms with Gasteiger partial charge in [-0.1, -0.05) is 6.92 Å². The van der Waals surface area contributed by atoms with Crippen LogP contribution in [0.2, 0.25) is 0 Å². The maximum Gasteiger partial charge on any atom is 0.232 e. The van der Waals surface area contributed by atoms with Crippen molar-refractivity contribution >= 4 is 19.7 Å². The largest absolute Gasteiger partial charge is 0.232 e. The van der Waals surface area contributed by atoms with Crippen molar-refractivity contribution in [3.63, 3.8) is 0 Å². The van der Waals surface area contributed by atoms with Gasteiger partial charge in [-0.3, -0.25) is 0 Å². The fourth-order valence-electron chi connectivity index (χ4n) is 0.340. The monoisotopic (exact) mass is 155 g/mol. The molecule has 0 unspecified atom stereocenters. The van der Waals surface area contributed by atoms with Crippen LogP contribution in [0.15, 0.2) is 0 Å². The second kappa shape index (κ2) is 2.69. The third kappa shape index (κ3) is 6.24. The lowest BCUT2D eigenvalue weighted by molar-refractivity contribution is 0.602. The Morgan fingerprint density at radius 2 is 2.12 bits per heavy atom. The number of rotatable bonds is 2. The van der Waals surface area contributed by atoms with E-state index in [2.05, 4.69) is 6.92 Å². The highest BCUT2D eigenvalue weighted by Crippen LogP contribution is 2.02. The minimum absolute atomic E-state index is 0.0471. The molecule has 0 fully saturated rings. The van der Waals surface area contributed by atoms with Gasteiger partial charge in [0.2, 0.25) is 9.05 Å². The minimum Gasteiger partial charge on any atom is -0.212 e. The average molecular weight is 156 g/mol. The predicted octanol–water partition coefficient (Wildman–Crippen LogP) is 1.03. The lowest BCUT2D eigenvalue weighted by Gasteiger charge is -1.96. The highest BCUT2D eigenvalue weighted by atomic mass is 35.7. The van der Waals surface area contributed by atoms with Crippen LogP contribution in [0, 0.1) is 12.8 Å². The molecule has 2 nitrogen and oxygen atoms in total. The fraction of sp³-hybridized carbons (Fsp3) is 0.750. The van der Waals surface area contributed by atoms with Crippen LogP contribution in [0.3, 0.4) is 0 Å². The van der Waals surface area contributed by atoms with Crippen molar-refractivity contribution < 1.29 is 8.42 Å². The zero-order valence-corrected chi connectivity index (χ0v) is 6.17. The van der Waals surface area contributed by atoms with Crippen LogP contribution in [0.5, 0.6) is 0 Å². The van der Waals surface area contributed by atoms with Crippen molar-refractivity contribution in [1.29, 1.82) is 0 Å². The van der Waals surface area contributed by atoms with Crippen molar-refractivity contribution in [2.24, 2.45) is 5.92 Å². The highest BCUT2D eigenvalue weighted by Gasteiger charge is 2.06. The zero-order chi connectivity index (χ0) is 6.78. The van der Waals surface area contributed by atoms with E-state index >= 15 is 0 Å². The summed E-state index contributed by atoms with van der Waals surface area (Å²) in [7, 11) is 1.55. The lowest BCUT2D eigenvalue weighted by atomic mass is 10.3. The van der Waals surface area contributed by atoms with Gasteiger partial charge >= 0.3 is 0 Å². The summed E-state index contributed by atoms with van der Waals surface area (Å²) in [6.07, 6.45) is 0. The maximum absolute atomic E-state index is 10.2. The van der Waals surface area contributed by atoms with Crippen molar-refractivity contribution in [3.8, 4) is 0 Å². The third-order valence-corrected chi connectivity index (χ3v) is 1.83. The van der Waals surface area contributed by atoms with E-state index in [1.54, 1.807) is 6.92 Å². The van der Waals surface area contributed by atoms with Crippen LogP contribution in [0.25, 0.3) is 0 Å². The molecular formula is C4H8ClO2S. The molecule has 1 radical (unpaired) electrons. The molecule has 0 spiro atoms. The van der Waals surface area contributed by atoms with Crippen LogP contribution in [0.1, 0.15) is 6.92 Å². The molecule has 0 aliphatic heterocycles. The van der Waals surface area contributed by atoms with E-state index < -0.39 is 9.05 Å². The summed E-state index contributed by atoms with van der Waals surface area (Å²) in [5.74, 6) is -0.174. The Bertz CT molecular complexity index is 147. The Labute approximate surface area is 54.3 Å². The highest BCUT2D eigenvalue weighted by molar-refractivity contribution is 8.13. The summed E-state index contributed by atoms with van der Waals surface area (Å²) >= 11 is 0. The molecule has 49 valence electrons. The second-order valence-electron chi connectivity index (χ2n) is 1.81. The van der Waals surface area contributed by atoms with Gasteiger partial charge in [0.15, 0.2) is 0 Å². The van der Waals surface area contributed by atoms with E-state index in [-0.39, 0.29) is 11.7 Å². The molecule has 0 N–H and O–H groups in total. The Balaban J connectivity index is 3.75. The smallest absolute Gasteiger partial charge is 0.212 e. The van der Waals surface area contributed by atoms with Gasteiger partial charge in [0, 0.05) is 10.7 Å². The summed E-state index contributed by atoms with van der Waals surface area (Å²) in [6, 6.07) is 0. The van der Waals surface area contributed by atoms with Crippen LogP contribution < -0.4 is 0 Å². The molecule has 0 aliphatic rings. The second-order valence-corrected chi connectivity index (χ2v) is 4.63. The summed E-state index contributed by atoms with van der Waals surface area (Å²) in [5.41, 5.74) is 0. The Kier molecular flexibility index (Phi) is 2.77.